The first-order valence-electron chi connectivity index (χ1n) is 1.30. The van der Waals surface area contributed by atoms with Crippen molar-refractivity contribution in [1.82, 2.24) is 15.4 Å². The van der Waals surface area contributed by atoms with Crippen molar-refractivity contribution in [2.45, 2.75) is 0 Å². The van der Waals surface area contributed by atoms with Gasteiger partial charge in [0.05, 0.1) is 12.4 Å². The Morgan fingerprint density at radius 2 is 1.57 bits per heavy atom. The fourth-order valence-corrected chi connectivity index (χ4v) is 0.167. The molecule has 0 unspecified atom stereocenters. The maximum atomic E-state index is 3.49. The lowest BCUT2D eigenvalue weighted by Crippen LogP contribution is -1.61. The van der Waals surface area contributed by atoms with Gasteiger partial charge in [0.15, 0.2) is 0 Å². The second-order valence-electron chi connectivity index (χ2n) is 0.656. The van der Waals surface area contributed by atoms with Gasteiger partial charge in [-0.05, 0) is 0 Å². The van der Waals surface area contributed by atoms with Crippen molar-refractivity contribution in [3.05, 3.63) is 12.4 Å². The highest BCUT2D eigenvalue weighted by atomic mass is 35.5. The molecular weight excluding hydrogens is 117 g/mol. The molecule has 0 fully saturated rings. The van der Waals surface area contributed by atoms with Crippen LogP contribution in [0, 0.1) is 0 Å². The van der Waals surface area contributed by atoms with Crippen molar-refractivity contribution in [3.8, 4) is 0 Å². The van der Waals surface area contributed by atoms with Gasteiger partial charge < -0.3 is 5.48 Å². The quantitative estimate of drug-likeness (QED) is 0.500. The summed E-state index contributed by atoms with van der Waals surface area (Å²) in [6.45, 7) is 0. The molecular formula is C2H6ClN3O. The van der Waals surface area contributed by atoms with Crippen LogP contribution < -0.4 is 0 Å². The summed E-state index contributed by atoms with van der Waals surface area (Å²) in [5.74, 6) is 0. The summed E-state index contributed by atoms with van der Waals surface area (Å²) in [6, 6.07) is 0. The molecule has 1 aromatic heterocycles. The molecule has 5 heteroatoms. The monoisotopic (exact) mass is 123 g/mol. The predicted octanol–water partition coefficient (Wildman–Crippen LogP) is -0.598. The number of hydrogen-bond acceptors (Lipinski definition) is 2. The Kier molecular flexibility index (Phi) is 7.42. The van der Waals surface area contributed by atoms with E-state index < -0.39 is 0 Å². The van der Waals surface area contributed by atoms with E-state index in [9.17, 15) is 0 Å². The van der Waals surface area contributed by atoms with E-state index in [1.54, 1.807) is 12.4 Å². The normalized spacial score (nSPS) is 5.71. The van der Waals surface area contributed by atoms with Crippen LogP contribution in [0.1, 0.15) is 0 Å². The van der Waals surface area contributed by atoms with E-state index in [1.165, 1.54) is 0 Å². The first-order chi connectivity index (χ1) is 2.50. The fourth-order valence-electron chi connectivity index (χ4n) is 0.167. The molecule has 0 saturated carbocycles. The minimum atomic E-state index is 0. The van der Waals surface area contributed by atoms with Crippen LogP contribution in [0.2, 0.25) is 0 Å². The molecule has 0 bridgehead atoms. The molecule has 1 aromatic rings. The van der Waals surface area contributed by atoms with Gasteiger partial charge >= 0.3 is 0 Å². The zero-order valence-corrected chi connectivity index (χ0v) is 4.27. The number of aromatic amines is 1. The highest BCUT2D eigenvalue weighted by Gasteiger charge is 1.57. The second-order valence-corrected chi connectivity index (χ2v) is 0.656. The van der Waals surface area contributed by atoms with Gasteiger partial charge in [0.25, 0.3) is 0 Å². The van der Waals surface area contributed by atoms with Crippen molar-refractivity contribution in [1.29, 1.82) is 0 Å². The molecule has 4 nitrogen and oxygen atoms in total. The SMILES string of the molecule is Cl.O.c1cn[nH]n1. The van der Waals surface area contributed by atoms with Gasteiger partial charge in [0, 0.05) is 0 Å². The third-order valence-corrected chi connectivity index (χ3v) is 0.331. The van der Waals surface area contributed by atoms with Gasteiger partial charge in [-0.25, -0.2) is 0 Å². The van der Waals surface area contributed by atoms with Gasteiger partial charge in [-0.1, -0.05) is 0 Å². The summed E-state index contributed by atoms with van der Waals surface area (Å²) in [5.41, 5.74) is 0. The molecule has 0 aliphatic rings. The van der Waals surface area contributed by atoms with Crippen molar-refractivity contribution >= 4 is 12.4 Å². The van der Waals surface area contributed by atoms with E-state index in [2.05, 4.69) is 15.4 Å². The lowest BCUT2D eigenvalue weighted by molar-refractivity contribution is 0.824. The van der Waals surface area contributed by atoms with E-state index in [1.807, 2.05) is 0 Å². The van der Waals surface area contributed by atoms with Crippen molar-refractivity contribution in [3.63, 3.8) is 0 Å². The minimum Gasteiger partial charge on any atom is -0.412 e. The number of nitrogens with one attached hydrogen (secondary N) is 1. The highest BCUT2D eigenvalue weighted by Crippen LogP contribution is 1.55. The summed E-state index contributed by atoms with van der Waals surface area (Å²) >= 11 is 0. The first kappa shape index (κ1) is 9.63. The molecule has 0 radical (unpaired) electrons. The molecule has 0 amide bonds. The molecule has 0 aliphatic carbocycles. The Hall–Kier alpha value is -0.610. The van der Waals surface area contributed by atoms with E-state index in [4.69, 9.17) is 0 Å². The highest BCUT2D eigenvalue weighted by molar-refractivity contribution is 5.85. The van der Waals surface area contributed by atoms with Crippen LogP contribution >= 0.6 is 12.4 Å². The summed E-state index contributed by atoms with van der Waals surface area (Å²) in [4.78, 5) is 0. The molecule has 1 rings (SSSR count). The van der Waals surface area contributed by atoms with Crippen LogP contribution in [0.3, 0.4) is 0 Å². The van der Waals surface area contributed by atoms with E-state index in [0.717, 1.165) is 0 Å². The lowest BCUT2D eigenvalue weighted by Gasteiger charge is -1.48. The number of hydrogen-bond donors (Lipinski definition) is 1. The molecule has 0 spiro atoms. The Labute approximate surface area is 46.7 Å². The first-order valence-corrected chi connectivity index (χ1v) is 1.30. The summed E-state index contributed by atoms with van der Waals surface area (Å²) < 4.78 is 0. The molecule has 0 aromatic carbocycles. The molecule has 42 valence electrons. The van der Waals surface area contributed by atoms with Gasteiger partial charge in [-0.15, -0.1) is 12.4 Å². The minimum absolute atomic E-state index is 0. The Morgan fingerprint density at radius 1 is 1.14 bits per heavy atom. The third-order valence-electron chi connectivity index (χ3n) is 0.331. The van der Waals surface area contributed by atoms with Gasteiger partial charge in [-0.3, -0.25) is 0 Å². The number of rotatable bonds is 0. The van der Waals surface area contributed by atoms with Crippen LogP contribution in [0.5, 0.6) is 0 Å². The third kappa shape index (κ3) is 3.21. The van der Waals surface area contributed by atoms with Crippen LogP contribution in [0.15, 0.2) is 12.4 Å². The smallest absolute Gasteiger partial charge is 0.0690 e. The number of H-pyrrole nitrogens is 1. The molecule has 0 saturated heterocycles. The van der Waals surface area contributed by atoms with Gasteiger partial charge in [-0.2, -0.15) is 15.4 Å². The Bertz CT molecular complexity index is 69.4. The van der Waals surface area contributed by atoms with E-state index in [-0.39, 0.29) is 17.9 Å². The maximum absolute atomic E-state index is 3.49. The molecule has 1 heterocycles. The molecule has 3 N–H and O–H groups in total. The van der Waals surface area contributed by atoms with Crippen molar-refractivity contribution in [2.24, 2.45) is 0 Å². The van der Waals surface area contributed by atoms with Crippen molar-refractivity contribution < 1.29 is 5.48 Å². The molecule has 0 aliphatic heterocycles. The zero-order valence-electron chi connectivity index (χ0n) is 3.46. The summed E-state index contributed by atoms with van der Waals surface area (Å²) in [6.07, 6.45) is 3.17. The number of halogens is 1. The van der Waals surface area contributed by atoms with Crippen molar-refractivity contribution in [2.75, 3.05) is 0 Å². The van der Waals surface area contributed by atoms with Crippen LogP contribution in [-0.4, -0.2) is 20.9 Å². The predicted molar refractivity (Wildman–Crippen MR) is 27.2 cm³/mol. The Morgan fingerprint density at radius 3 is 1.71 bits per heavy atom. The van der Waals surface area contributed by atoms with Gasteiger partial charge in [0.1, 0.15) is 0 Å². The van der Waals surface area contributed by atoms with Crippen LogP contribution in [-0.2, 0) is 0 Å². The zero-order chi connectivity index (χ0) is 3.54. The molecule has 7 heavy (non-hydrogen) atoms. The topological polar surface area (TPSA) is 73.1 Å². The number of nitrogens with zero attached hydrogens (tertiary/aromatic N) is 2. The second kappa shape index (κ2) is 5.39. The fraction of sp³-hybridized carbons (Fsp3) is 0. The van der Waals surface area contributed by atoms with Gasteiger partial charge in [0.2, 0.25) is 0 Å². The average molecular weight is 124 g/mol. The van der Waals surface area contributed by atoms with Crippen LogP contribution in [0.25, 0.3) is 0 Å². The van der Waals surface area contributed by atoms with E-state index in [0.29, 0.717) is 0 Å². The Balaban J connectivity index is 0. The summed E-state index contributed by atoms with van der Waals surface area (Å²) in [5, 5.41) is 9.33. The van der Waals surface area contributed by atoms with E-state index >= 15 is 0 Å². The average Bonchev–Trinajstić information content (AvgIpc) is 1.76. The maximum Gasteiger partial charge on any atom is 0.0690 e. The standard InChI is InChI=1S/C2H3N3.ClH.H2O/c1-2-4-5-3-1;;/h1-2H,(H,3,4,5);1H;1H2. The van der Waals surface area contributed by atoms with Crippen LogP contribution in [0.4, 0.5) is 0 Å². The lowest BCUT2D eigenvalue weighted by atomic mass is 11.0. The summed E-state index contributed by atoms with van der Waals surface area (Å²) in [7, 11) is 0. The number of aromatic nitrogens is 3. The molecule has 0 atom stereocenters. The largest absolute Gasteiger partial charge is 0.412 e.